The van der Waals surface area contributed by atoms with Crippen molar-refractivity contribution in [2.24, 2.45) is 7.05 Å². The lowest BCUT2D eigenvalue weighted by Crippen LogP contribution is -2.27. The average Bonchev–Trinajstić information content (AvgIpc) is 3.62. The number of aromatic nitrogens is 5. The van der Waals surface area contributed by atoms with E-state index in [9.17, 15) is 4.79 Å². The molecule has 6 aromatic rings. The zero-order valence-corrected chi connectivity index (χ0v) is 22.0. The first-order valence-corrected chi connectivity index (χ1v) is 13.1. The summed E-state index contributed by atoms with van der Waals surface area (Å²) in [7, 11) is 1.87. The molecule has 1 aromatic carbocycles. The van der Waals surface area contributed by atoms with E-state index in [2.05, 4.69) is 33.4 Å². The maximum atomic E-state index is 13.5. The third-order valence-electron chi connectivity index (χ3n) is 6.43. The summed E-state index contributed by atoms with van der Waals surface area (Å²) in [6.07, 6.45) is 5.48. The number of carbonyl (C=O) groups is 1. The van der Waals surface area contributed by atoms with Gasteiger partial charge in [-0.05, 0) is 32.0 Å². The second-order valence-corrected chi connectivity index (χ2v) is 10.0. The molecule has 7 nitrogen and oxygen atoms in total. The molecule has 0 aliphatic carbocycles. The number of rotatable bonds is 4. The molecule has 0 saturated carbocycles. The van der Waals surface area contributed by atoms with E-state index in [0.29, 0.717) is 11.3 Å². The van der Waals surface area contributed by atoms with Crippen molar-refractivity contribution in [1.29, 1.82) is 0 Å². The summed E-state index contributed by atoms with van der Waals surface area (Å²) in [4.78, 5) is 18.6. The molecule has 1 N–H and O–H groups in total. The summed E-state index contributed by atoms with van der Waals surface area (Å²) in [5.74, 6) is 6.29. The van der Waals surface area contributed by atoms with E-state index in [-0.39, 0.29) is 11.9 Å². The minimum atomic E-state index is -0.292. The standard InChI is InChI=1S/C30H24N6OS/c1-19(32-30(37)27-20(2)34-36-14-8-7-11-25(27)36)24-15-26-29(33-28(24)22-9-5-4-6-10-22)23(18-38-26)13-12-21-16-31-35(3)17-21/h4-11,14-19H,1-3H3,(H,32,37)/t19-/m0/s1. The third kappa shape index (κ3) is 4.33. The van der Waals surface area contributed by atoms with E-state index >= 15 is 0 Å². The van der Waals surface area contributed by atoms with Gasteiger partial charge in [0.15, 0.2) is 0 Å². The van der Waals surface area contributed by atoms with Crippen LogP contribution in [-0.4, -0.2) is 30.3 Å². The molecule has 0 spiro atoms. The van der Waals surface area contributed by atoms with Crippen molar-refractivity contribution in [1.82, 2.24) is 29.7 Å². The normalized spacial score (nSPS) is 11.9. The maximum Gasteiger partial charge on any atom is 0.255 e. The summed E-state index contributed by atoms with van der Waals surface area (Å²) in [6.45, 7) is 3.85. The number of nitrogens with one attached hydrogen (secondary N) is 1. The first-order valence-electron chi connectivity index (χ1n) is 12.2. The molecular formula is C30H24N6OS. The van der Waals surface area contributed by atoms with Crippen molar-refractivity contribution < 1.29 is 4.79 Å². The highest BCUT2D eigenvalue weighted by Gasteiger charge is 2.22. The number of aryl methyl sites for hydroxylation is 2. The lowest BCUT2D eigenvalue weighted by atomic mass is 9.99. The first kappa shape index (κ1) is 23.6. The predicted molar refractivity (Wildman–Crippen MR) is 150 cm³/mol. The smallest absolute Gasteiger partial charge is 0.255 e. The minimum Gasteiger partial charge on any atom is -0.345 e. The molecule has 0 unspecified atom stereocenters. The van der Waals surface area contributed by atoms with E-state index in [1.54, 1.807) is 26.7 Å². The van der Waals surface area contributed by atoms with Crippen LogP contribution in [0.15, 0.2) is 78.6 Å². The summed E-state index contributed by atoms with van der Waals surface area (Å²) in [6, 6.07) is 17.6. The van der Waals surface area contributed by atoms with Gasteiger partial charge in [0.2, 0.25) is 0 Å². The number of benzene rings is 1. The van der Waals surface area contributed by atoms with E-state index in [1.807, 2.05) is 87.2 Å². The van der Waals surface area contributed by atoms with Crippen LogP contribution < -0.4 is 5.32 Å². The first-order chi connectivity index (χ1) is 18.5. The van der Waals surface area contributed by atoms with Crippen molar-refractivity contribution in [2.45, 2.75) is 19.9 Å². The molecule has 0 radical (unpaired) electrons. The molecular weight excluding hydrogens is 492 g/mol. The van der Waals surface area contributed by atoms with Gasteiger partial charge >= 0.3 is 0 Å². The van der Waals surface area contributed by atoms with Gasteiger partial charge in [0.05, 0.1) is 56.1 Å². The van der Waals surface area contributed by atoms with Gasteiger partial charge in [-0.1, -0.05) is 48.2 Å². The number of amides is 1. The van der Waals surface area contributed by atoms with Gasteiger partial charge in [-0.3, -0.25) is 9.48 Å². The molecule has 0 saturated heterocycles. The maximum absolute atomic E-state index is 13.5. The largest absolute Gasteiger partial charge is 0.345 e. The number of thiophene rings is 1. The molecule has 5 aromatic heterocycles. The lowest BCUT2D eigenvalue weighted by molar-refractivity contribution is 0.0941. The number of pyridine rings is 2. The fourth-order valence-corrected chi connectivity index (χ4v) is 5.46. The monoisotopic (exact) mass is 516 g/mol. The van der Waals surface area contributed by atoms with Crippen LogP contribution in [0.2, 0.25) is 0 Å². The Hall–Kier alpha value is -4.74. The van der Waals surface area contributed by atoms with Crippen molar-refractivity contribution in [2.75, 3.05) is 0 Å². The Morgan fingerprint density at radius 2 is 1.92 bits per heavy atom. The Labute approximate surface area is 223 Å². The molecule has 0 bridgehead atoms. The molecule has 0 aliphatic heterocycles. The molecule has 0 fully saturated rings. The van der Waals surface area contributed by atoms with Crippen LogP contribution in [0, 0.1) is 18.8 Å². The van der Waals surface area contributed by atoms with Gasteiger partial charge in [0.25, 0.3) is 5.91 Å². The minimum absolute atomic E-state index is 0.162. The average molecular weight is 517 g/mol. The highest BCUT2D eigenvalue weighted by Crippen LogP contribution is 2.34. The summed E-state index contributed by atoms with van der Waals surface area (Å²) in [5.41, 5.74) is 7.37. The topological polar surface area (TPSA) is 77.1 Å². The summed E-state index contributed by atoms with van der Waals surface area (Å²) >= 11 is 1.60. The van der Waals surface area contributed by atoms with Crippen LogP contribution in [0.5, 0.6) is 0 Å². The van der Waals surface area contributed by atoms with Crippen LogP contribution in [0.3, 0.4) is 0 Å². The molecule has 5 heterocycles. The predicted octanol–water partition coefficient (Wildman–Crippen LogP) is 5.54. The number of hydrogen-bond acceptors (Lipinski definition) is 5. The highest BCUT2D eigenvalue weighted by atomic mass is 32.1. The van der Waals surface area contributed by atoms with Gasteiger partial charge in [-0.2, -0.15) is 10.2 Å². The molecule has 1 amide bonds. The van der Waals surface area contributed by atoms with E-state index < -0.39 is 0 Å². The van der Waals surface area contributed by atoms with Crippen molar-refractivity contribution in [3.05, 3.63) is 107 Å². The SMILES string of the molecule is Cc1nn2ccccc2c1C(=O)N[C@@H](C)c1cc2scc(C#Cc3cnn(C)c3)c2nc1-c1ccccc1. The Balaban J connectivity index is 1.40. The number of nitrogens with zero attached hydrogens (tertiary/aromatic N) is 5. The molecule has 0 aliphatic rings. The summed E-state index contributed by atoms with van der Waals surface area (Å²) < 4.78 is 4.48. The quantitative estimate of drug-likeness (QED) is 0.312. The van der Waals surface area contributed by atoms with Crippen LogP contribution in [0.4, 0.5) is 0 Å². The Bertz CT molecular complexity index is 1870. The van der Waals surface area contributed by atoms with Crippen LogP contribution in [-0.2, 0) is 7.05 Å². The molecule has 186 valence electrons. The number of fused-ring (bicyclic) bond motifs is 2. The van der Waals surface area contributed by atoms with Gasteiger partial charge in [0, 0.05) is 35.9 Å². The zero-order valence-electron chi connectivity index (χ0n) is 21.1. The molecule has 6 rings (SSSR count). The van der Waals surface area contributed by atoms with Crippen molar-refractivity contribution >= 4 is 33.0 Å². The van der Waals surface area contributed by atoms with Gasteiger partial charge in [-0.25, -0.2) is 9.50 Å². The summed E-state index contributed by atoms with van der Waals surface area (Å²) in [5, 5.41) is 13.9. The second-order valence-electron chi connectivity index (χ2n) is 9.13. The molecule has 8 heteroatoms. The van der Waals surface area contributed by atoms with Crippen LogP contribution >= 0.6 is 11.3 Å². The second kappa shape index (κ2) is 9.61. The van der Waals surface area contributed by atoms with Crippen LogP contribution in [0.1, 0.15) is 45.7 Å². The van der Waals surface area contributed by atoms with E-state index in [0.717, 1.165) is 43.7 Å². The van der Waals surface area contributed by atoms with Gasteiger partial charge in [0.1, 0.15) is 0 Å². The van der Waals surface area contributed by atoms with Crippen molar-refractivity contribution in [3.63, 3.8) is 0 Å². The lowest BCUT2D eigenvalue weighted by Gasteiger charge is -2.18. The molecule has 38 heavy (non-hydrogen) atoms. The van der Waals surface area contributed by atoms with Crippen LogP contribution in [0.25, 0.3) is 27.0 Å². The van der Waals surface area contributed by atoms with Gasteiger partial charge < -0.3 is 5.32 Å². The Morgan fingerprint density at radius 1 is 1.11 bits per heavy atom. The Kier molecular flexibility index (Phi) is 5.98. The third-order valence-corrected chi connectivity index (χ3v) is 7.34. The zero-order chi connectivity index (χ0) is 26.2. The fraction of sp³-hybridized carbons (Fsp3) is 0.133. The fourth-order valence-electron chi connectivity index (χ4n) is 4.59. The Morgan fingerprint density at radius 3 is 2.71 bits per heavy atom. The van der Waals surface area contributed by atoms with Crippen molar-refractivity contribution in [3.8, 4) is 23.1 Å². The van der Waals surface area contributed by atoms with Gasteiger partial charge in [-0.15, -0.1) is 11.3 Å². The number of carbonyl (C=O) groups excluding carboxylic acids is 1. The number of hydrogen-bond donors (Lipinski definition) is 1. The molecule has 1 atom stereocenters. The van der Waals surface area contributed by atoms with E-state index in [4.69, 9.17) is 4.98 Å². The highest BCUT2D eigenvalue weighted by molar-refractivity contribution is 7.17. The van der Waals surface area contributed by atoms with E-state index in [1.165, 1.54) is 0 Å².